The molecule has 2 aliphatic rings. The highest BCUT2D eigenvalue weighted by Crippen LogP contribution is 2.40. The fourth-order valence-electron chi connectivity index (χ4n) is 4.14. The molecule has 0 radical (unpaired) electrons. The van der Waals surface area contributed by atoms with Crippen molar-refractivity contribution in [2.75, 3.05) is 40.5 Å². The molecule has 0 aromatic heterocycles. The first kappa shape index (κ1) is 18.1. The number of fused-ring (bicyclic) bond motifs is 1. The van der Waals surface area contributed by atoms with E-state index in [0.717, 1.165) is 25.9 Å². The minimum absolute atomic E-state index is 0.0319. The third kappa shape index (κ3) is 3.80. The van der Waals surface area contributed by atoms with Crippen molar-refractivity contribution in [3.05, 3.63) is 29.6 Å². The van der Waals surface area contributed by atoms with Gasteiger partial charge < -0.3 is 19.1 Å². The highest BCUT2D eigenvalue weighted by molar-refractivity contribution is 5.79. The van der Waals surface area contributed by atoms with Crippen LogP contribution < -0.4 is 4.74 Å². The monoisotopic (exact) mass is 351 g/mol. The molecule has 5 nitrogen and oxygen atoms in total. The molecule has 138 valence electrons. The number of rotatable bonds is 5. The molecule has 2 unspecified atom stereocenters. The number of hydrogen-bond donors (Lipinski definition) is 0. The predicted octanol–water partition coefficient (Wildman–Crippen LogP) is 2.42. The predicted molar refractivity (Wildman–Crippen MR) is 91.1 cm³/mol. The number of methoxy groups -OCH3 is 2. The zero-order valence-electron chi connectivity index (χ0n) is 14.9. The van der Waals surface area contributed by atoms with Gasteiger partial charge in [0.25, 0.3) is 0 Å². The van der Waals surface area contributed by atoms with Gasteiger partial charge in [0.1, 0.15) is 11.6 Å². The maximum Gasteiger partial charge on any atom is 0.227 e. The van der Waals surface area contributed by atoms with E-state index in [1.165, 1.54) is 19.2 Å². The third-order valence-corrected chi connectivity index (χ3v) is 5.36. The van der Waals surface area contributed by atoms with Gasteiger partial charge in [-0.2, -0.15) is 0 Å². The number of likely N-dealkylation sites (tertiary alicyclic amines) is 1. The molecule has 3 rings (SSSR count). The lowest BCUT2D eigenvalue weighted by Crippen LogP contribution is -2.58. The van der Waals surface area contributed by atoms with Crippen molar-refractivity contribution >= 4 is 5.91 Å². The summed E-state index contributed by atoms with van der Waals surface area (Å²) in [5, 5.41) is 0. The number of benzene rings is 1. The molecule has 1 aromatic carbocycles. The van der Waals surface area contributed by atoms with E-state index in [1.54, 1.807) is 13.2 Å². The van der Waals surface area contributed by atoms with Crippen molar-refractivity contribution in [1.82, 2.24) is 4.90 Å². The van der Waals surface area contributed by atoms with Crippen LogP contribution in [0.5, 0.6) is 5.75 Å². The summed E-state index contributed by atoms with van der Waals surface area (Å²) < 4.78 is 30.0. The van der Waals surface area contributed by atoms with Gasteiger partial charge in [-0.05, 0) is 25.3 Å². The number of carbonyl (C=O) groups is 1. The van der Waals surface area contributed by atoms with E-state index in [2.05, 4.69) is 0 Å². The van der Waals surface area contributed by atoms with Crippen LogP contribution in [0.15, 0.2) is 18.2 Å². The minimum atomic E-state index is -0.368. The zero-order chi connectivity index (χ0) is 17.9. The molecular formula is C19H26FNO4. The summed E-state index contributed by atoms with van der Waals surface area (Å²) in [4.78, 5) is 14.7. The Morgan fingerprint density at radius 1 is 1.44 bits per heavy atom. The number of carbonyl (C=O) groups excluding carboxylic acids is 1. The SMILES string of the molecule is COCC12CCCOC1CCN(C(=O)Cc1ccc(F)cc1OC)C2. The van der Waals surface area contributed by atoms with Crippen LogP contribution in [0.2, 0.25) is 0 Å². The third-order valence-electron chi connectivity index (χ3n) is 5.36. The molecule has 0 aliphatic carbocycles. The van der Waals surface area contributed by atoms with E-state index < -0.39 is 0 Å². The number of hydrogen-bond acceptors (Lipinski definition) is 4. The standard InChI is InChI=1S/C19H26FNO4/c1-23-13-19-7-3-9-25-17(19)6-8-21(12-19)18(22)10-14-4-5-15(20)11-16(14)24-2/h4-5,11,17H,3,6-10,12-13H2,1-2H3. The van der Waals surface area contributed by atoms with E-state index in [-0.39, 0.29) is 29.7 Å². The Morgan fingerprint density at radius 2 is 2.28 bits per heavy atom. The van der Waals surface area contributed by atoms with Crippen molar-refractivity contribution in [2.45, 2.75) is 31.8 Å². The van der Waals surface area contributed by atoms with Gasteiger partial charge in [0.05, 0.1) is 26.2 Å². The lowest BCUT2D eigenvalue weighted by Gasteiger charge is -2.50. The fraction of sp³-hybridized carbons (Fsp3) is 0.632. The normalized spacial score (nSPS) is 26.2. The first-order chi connectivity index (χ1) is 12.1. The molecule has 2 aliphatic heterocycles. The van der Waals surface area contributed by atoms with Crippen LogP contribution >= 0.6 is 0 Å². The second-order valence-corrected chi connectivity index (χ2v) is 7.00. The Labute approximate surface area is 148 Å². The van der Waals surface area contributed by atoms with Crippen molar-refractivity contribution in [3.63, 3.8) is 0 Å². The average Bonchev–Trinajstić information content (AvgIpc) is 2.62. The van der Waals surface area contributed by atoms with Gasteiger partial charge >= 0.3 is 0 Å². The molecular weight excluding hydrogens is 325 g/mol. The van der Waals surface area contributed by atoms with Gasteiger partial charge in [-0.25, -0.2) is 4.39 Å². The Hall–Kier alpha value is -1.66. The summed E-state index contributed by atoms with van der Waals surface area (Å²) in [5.41, 5.74) is 0.588. The Kier molecular flexibility index (Phi) is 5.59. The van der Waals surface area contributed by atoms with Crippen molar-refractivity contribution in [2.24, 2.45) is 5.41 Å². The van der Waals surface area contributed by atoms with Crippen molar-refractivity contribution in [1.29, 1.82) is 0 Å². The summed E-state index contributed by atoms with van der Waals surface area (Å²) >= 11 is 0. The van der Waals surface area contributed by atoms with E-state index in [1.807, 2.05) is 4.90 Å². The first-order valence-electron chi connectivity index (χ1n) is 8.79. The van der Waals surface area contributed by atoms with Crippen molar-refractivity contribution < 1.29 is 23.4 Å². The summed E-state index contributed by atoms with van der Waals surface area (Å²) in [6, 6.07) is 4.29. The van der Waals surface area contributed by atoms with E-state index in [0.29, 0.717) is 31.0 Å². The fourth-order valence-corrected chi connectivity index (χ4v) is 4.14. The highest BCUT2D eigenvalue weighted by Gasteiger charge is 2.46. The van der Waals surface area contributed by atoms with Crippen LogP contribution in [0.1, 0.15) is 24.8 Å². The molecule has 0 spiro atoms. The molecule has 0 N–H and O–H groups in total. The van der Waals surface area contributed by atoms with Gasteiger partial charge in [0, 0.05) is 43.9 Å². The maximum atomic E-state index is 13.3. The molecule has 2 heterocycles. The molecule has 2 atom stereocenters. The van der Waals surface area contributed by atoms with E-state index in [4.69, 9.17) is 14.2 Å². The number of halogens is 1. The molecule has 0 bridgehead atoms. The largest absolute Gasteiger partial charge is 0.496 e. The number of ether oxygens (including phenoxy) is 3. The second-order valence-electron chi connectivity index (χ2n) is 7.00. The van der Waals surface area contributed by atoms with Crippen molar-refractivity contribution in [3.8, 4) is 5.75 Å². The summed E-state index contributed by atoms with van der Waals surface area (Å²) in [5.74, 6) is 0.0764. The Morgan fingerprint density at radius 3 is 3.04 bits per heavy atom. The van der Waals surface area contributed by atoms with Gasteiger partial charge in [-0.3, -0.25) is 4.79 Å². The van der Waals surface area contributed by atoms with Crippen LogP contribution in [0.3, 0.4) is 0 Å². The van der Waals surface area contributed by atoms with E-state index in [9.17, 15) is 9.18 Å². The number of amides is 1. The Bertz CT molecular complexity index is 619. The molecule has 25 heavy (non-hydrogen) atoms. The lowest BCUT2D eigenvalue weighted by atomic mass is 9.73. The average molecular weight is 351 g/mol. The number of nitrogens with zero attached hydrogens (tertiary/aromatic N) is 1. The lowest BCUT2D eigenvalue weighted by molar-refractivity contribution is -0.161. The Balaban J connectivity index is 1.72. The van der Waals surface area contributed by atoms with E-state index >= 15 is 0 Å². The quantitative estimate of drug-likeness (QED) is 0.817. The molecule has 2 saturated heterocycles. The molecule has 1 aromatic rings. The molecule has 1 amide bonds. The second kappa shape index (κ2) is 7.70. The zero-order valence-corrected chi connectivity index (χ0v) is 14.9. The van der Waals surface area contributed by atoms with Crippen LogP contribution in [-0.2, 0) is 20.7 Å². The van der Waals surface area contributed by atoms with Gasteiger partial charge in [-0.1, -0.05) is 6.07 Å². The maximum absolute atomic E-state index is 13.3. The van der Waals surface area contributed by atoms with Crippen LogP contribution in [-0.4, -0.2) is 57.4 Å². The first-order valence-corrected chi connectivity index (χ1v) is 8.79. The molecule has 2 fully saturated rings. The summed E-state index contributed by atoms with van der Waals surface area (Å²) in [7, 11) is 3.19. The summed E-state index contributed by atoms with van der Waals surface area (Å²) in [6.07, 6.45) is 3.20. The van der Waals surface area contributed by atoms with Crippen LogP contribution in [0.25, 0.3) is 0 Å². The smallest absolute Gasteiger partial charge is 0.227 e. The van der Waals surface area contributed by atoms with Gasteiger partial charge in [0.15, 0.2) is 0 Å². The number of piperidine rings is 1. The van der Waals surface area contributed by atoms with Gasteiger partial charge in [-0.15, -0.1) is 0 Å². The molecule has 0 saturated carbocycles. The topological polar surface area (TPSA) is 48.0 Å². The molecule has 6 heteroatoms. The minimum Gasteiger partial charge on any atom is -0.496 e. The highest BCUT2D eigenvalue weighted by atomic mass is 19.1. The van der Waals surface area contributed by atoms with Crippen LogP contribution in [0.4, 0.5) is 4.39 Å². The van der Waals surface area contributed by atoms with Gasteiger partial charge in [0.2, 0.25) is 5.91 Å². The van der Waals surface area contributed by atoms with Crippen LogP contribution in [0, 0.1) is 11.2 Å². The summed E-state index contributed by atoms with van der Waals surface area (Å²) in [6.45, 7) is 2.71.